The van der Waals surface area contributed by atoms with E-state index in [1.807, 2.05) is 13.0 Å². The molecule has 2 atom stereocenters. The summed E-state index contributed by atoms with van der Waals surface area (Å²) in [6.07, 6.45) is 1.83. The Balaban J connectivity index is 2.16. The number of rotatable bonds is 10. The fraction of sp³-hybridized carbons (Fsp3) is 0.273. The zero-order valence-electron chi connectivity index (χ0n) is 16.7. The molecular formula is C22H26N2O6. The first kappa shape index (κ1) is 22.9. The Bertz CT molecular complexity index is 823. The van der Waals surface area contributed by atoms with Crippen molar-refractivity contribution in [3.05, 3.63) is 72.3 Å². The molecule has 0 bridgehead atoms. The van der Waals surface area contributed by atoms with Crippen molar-refractivity contribution in [2.24, 2.45) is 0 Å². The van der Waals surface area contributed by atoms with Gasteiger partial charge in [0, 0.05) is 18.4 Å². The molecule has 0 saturated carbocycles. The third-order valence-corrected chi connectivity index (χ3v) is 4.19. The van der Waals surface area contributed by atoms with Crippen LogP contribution in [0.2, 0.25) is 0 Å². The quantitative estimate of drug-likeness (QED) is 0.266. The van der Waals surface area contributed by atoms with Crippen LogP contribution in [0.25, 0.3) is 0 Å². The molecule has 2 amide bonds. The van der Waals surface area contributed by atoms with Gasteiger partial charge in [0.1, 0.15) is 5.75 Å². The number of nitrogens with one attached hydrogen (secondary N) is 2. The molecule has 160 valence electrons. The Kier molecular flexibility index (Phi) is 9.36. The molecule has 4 N–H and O–H groups in total. The van der Waals surface area contributed by atoms with Crippen LogP contribution < -0.4 is 10.8 Å². The summed E-state index contributed by atoms with van der Waals surface area (Å²) in [5, 5.41) is 20.8. The number of aromatic hydroxyl groups is 1. The van der Waals surface area contributed by atoms with Gasteiger partial charge < -0.3 is 14.6 Å². The number of phenols is 1. The van der Waals surface area contributed by atoms with E-state index in [9.17, 15) is 14.7 Å². The summed E-state index contributed by atoms with van der Waals surface area (Å²) in [7, 11) is 0. The molecule has 0 aliphatic carbocycles. The summed E-state index contributed by atoms with van der Waals surface area (Å²) < 4.78 is 11.5. The van der Waals surface area contributed by atoms with Crippen LogP contribution in [0.4, 0.5) is 10.5 Å². The molecule has 0 saturated heterocycles. The number of ether oxygens (including phenoxy) is 2. The Morgan fingerprint density at radius 3 is 2.43 bits per heavy atom. The van der Waals surface area contributed by atoms with Crippen LogP contribution in [0.5, 0.6) is 5.75 Å². The normalized spacial score (nSPS) is 12.9. The zero-order chi connectivity index (χ0) is 21.8. The smallest absolute Gasteiger partial charge is 0.412 e. The SMILES string of the molecule is CCO[C@H](CC/C=C/C(=O)NO)[C@H](OC(=O)Nc1ccccc1)c1ccc(O)cc1. The lowest BCUT2D eigenvalue weighted by atomic mass is 10.00. The number of phenolic OH excluding ortho intramolecular Hbond substituents is 1. The van der Waals surface area contributed by atoms with E-state index in [0.717, 1.165) is 0 Å². The summed E-state index contributed by atoms with van der Waals surface area (Å²) in [5.74, 6) is -0.534. The van der Waals surface area contributed by atoms with Crippen LogP contribution in [-0.4, -0.2) is 35.0 Å². The van der Waals surface area contributed by atoms with E-state index < -0.39 is 24.2 Å². The third-order valence-electron chi connectivity index (χ3n) is 4.19. The maximum Gasteiger partial charge on any atom is 0.412 e. The molecule has 0 aliphatic heterocycles. The average Bonchev–Trinajstić information content (AvgIpc) is 2.75. The Labute approximate surface area is 175 Å². The first-order valence-corrected chi connectivity index (χ1v) is 9.57. The molecule has 8 nitrogen and oxygen atoms in total. The number of benzene rings is 2. The highest BCUT2D eigenvalue weighted by atomic mass is 16.6. The fourth-order valence-corrected chi connectivity index (χ4v) is 2.83. The van der Waals surface area contributed by atoms with E-state index in [2.05, 4.69) is 5.32 Å². The molecule has 0 aromatic heterocycles. The number of anilines is 1. The first-order valence-electron chi connectivity index (χ1n) is 9.57. The number of hydrogen-bond acceptors (Lipinski definition) is 6. The number of hydrogen-bond donors (Lipinski definition) is 4. The second-order valence-electron chi connectivity index (χ2n) is 6.36. The molecule has 0 heterocycles. The van der Waals surface area contributed by atoms with Crippen LogP contribution >= 0.6 is 0 Å². The first-order chi connectivity index (χ1) is 14.5. The van der Waals surface area contributed by atoms with Crippen molar-refractivity contribution in [2.45, 2.75) is 32.0 Å². The minimum Gasteiger partial charge on any atom is -0.508 e. The van der Waals surface area contributed by atoms with Gasteiger partial charge in [-0.05, 0) is 49.6 Å². The van der Waals surface area contributed by atoms with Crippen molar-refractivity contribution in [3.63, 3.8) is 0 Å². The fourth-order valence-electron chi connectivity index (χ4n) is 2.83. The van der Waals surface area contributed by atoms with Gasteiger partial charge in [-0.2, -0.15) is 0 Å². The van der Waals surface area contributed by atoms with E-state index >= 15 is 0 Å². The van der Waals surface area contributed by atoms with Crippen molar-refractivity contribution in [2.75, 3.05) is 11.9 Å². The van der Waals surface area contributed by atoms with Crippen molar-refractivity contribution < 1.29 is 29.4 Å². The van der Waals surface area contributed by atoms with Crippen LogP contribution in [0.3, 0.4) is 0 Å². The summed E-state index contributed by atoms with van der Waals surface area (Å²) in [6.45, 7) is 2.23. The predicted molar refractivity (Wildman–Crippen MR) is 111 cm³/mol. The van der Waals surface area contributed by atoms with Crippen LogP contribution in [0.1, 0.15) is 31.4 Å². The third kappa shape index (κ3) is 7.57. The summed E-state index contributed by atoms with van der Waals surface area (Å²) in [6, 6.07) is 15.3. The molecule has 0 radical (unpaired) electrons. The highest BCUT2D eigenvalue weighted by Gasteiger charge is 2.27. The molecule has 0 unspecified atom stereocenters. The number of allylic oxidation sites excluding steroid dienone is 1. The second-order valence-corrected chi connectivity index (χ2v) is 6.36. The monoisotopic (exact) mass is 414 g/mol. The minimum atomic E-state index is -0.741. The predicted octanol–water partition coefficient (Wildman–Crippen LogP) is 3.93. The van der Waals surface area contributed by atoms with E-state index in [4.69, 9.17) is 14.7 Å². The van der Waals surface area contributed by atoms with E-state index in [0.29, 0.717) is 30.7 Å². The zero-order valence-corrected chi connectivity index (χ0v) is 16.7. The number of hydroxylamine groups is 1. The van der Waals surface area contributed by atoms with Crippen molar-refractivity contribution in [1.29, 1.82) is 0 Å². The number of carbonyl (C=O) groups excluding carboxylic acids is 2. The van der Waals surface area contributed by atoms with Gasteiger partial charge in [-0.15, -0.1) is 0 Å². The lowest BCUT2D eigenvalue weighted by Crippen LogP contribution is -2.29. The molecule has 2 rings (SSSR count). The van der Waals surface area contributed by atoms with E-state index in [-0.39, 0.29) is 5.75 Å². The van der Waals surface area contributed by atoms with E-state index in [1.54, 1.807) is 42.5 Å². The second kappa shape index (κ2) is 12.3. The molecule has 2 aromatic rings. The summed E-state index contributed by atoms with van der Waals surface area (Å²) in [5.41, 5.74) is 2.78. The van der Waals surface area contributed by atoms with Gasteiger partial charge in [0.2, 0.25) is 0 Å². The maximum absolute atomic E-state index is 12.5. The highest BCUT2D eigenvalue weighted by molar-refractivity contribution is 5.86. The molecular weight excluding hydrogens is 388 g/mol. The van der Waals surface area contributed by atoms with Gasteiger partial charge in [-0.3, -0.25) is 15.3 Å². The molecule has 2 aromatic carbocycles. The van der Waals surface area contributed by atoms with Gasteiger partial charge in [-0.1, -0.05) is 36.4 Å². The van der Waals surface area contributed by atoms with Crippen LogP contribution in [-0.2, 0) is 14.3 Å². The standard InChI is InChI=1S/C22H26N2O6/c1-2-29-19(10-6-7-11-20(26)24-28)21(16-12-14-18(25)15-13-16)30-22(27)23-17-8-4-3-5-9-17/h3-5,7-9,11-15,19,21,25,28H,2,6,10H2,1H3,(H,23,27)(H,24,26)/b11-7+/t19-,21-/m1/s1. The molecule has 0 spiro atoms. The molecule has 0 fully saturated rings. The van der Waals surface area contributed by atoms with Crippen LogP contribution in [0.15, 0.2) is 66.7 Å². The summed E-state index contributed by atoms with van der Waals surface area (Å²) in [4.78, 5) is 23.6. The van der Waals surface area contributed by atoms with Gasteiger partial charge in [0.25, 0.3) is 5.91 Å². The minimum absolute atomic E-state index is 0.0946. The topological polar surface area (TPSA) is 117 Å². The maximum atomic E-state index is 12.5. The molecule has 30 heavy (non-hydrogen) atoms. The number of para-hydroxylation sites is 1. The number of carbonyl (C=O) groups is 2. The van der Waals surface area contributed by atoms with Crippen molar-refractivity contribution in [1.82, 2.24) is 5.48 Å². The van der Waals surface area contributed by atoms with Gasteiger partial charge in [0.05, 0.1) is 6.10 Å². The van der Waals surface area contributed by atoms with E-state index in [1.165, 1.54) is 23.7 Å². The Morgan fingerprint density at radius 2 is 1.80 bits per heavy atom. The van der Waals surface area contributed by atoms with Crippen LogP contribution in [0, 0.1) is 0 Å². The summed E-state index contributed by atoms with van der Waals surface area (Å²) >= 11 is 0. The largest absolute Gasteiger partial charge is 0.508 e. The van der Waals surface area contributed by atoms with Crippen molar-refractivity contribution in [3.8, 4) is 5.75 Å². The van der Waals surface area contributed by atoms with Crippen molar-refractivity contribution >= 4 is 17.7 Å². The molecule has 0 aliphatic rings. The average molecular weight is 414 g/mol. The van der Waals surface area contributed by atoms with Gasteiger partial charge >= 0.3 is 6.09 Å². The highest BCUT2D eigenvalue weighted by Crippen LogP contribution is 2.29. The number of amides is 2. The Morgan fingerprint density at radius 1 is 1.10 bits per heavy atom. The lowest BCUT2D eigenvalue weighted by molar-refractivity contribution is -0.124. The van der Waals surface area contributed by atoms with Gasteiger partial charge in [-0.25, -0.2) is 10.3 Å². The Hall–Kier alpha value is -3.36. The van der Waals surface area contributed by atoms with Gasteiger partial charge in [0.15, 0.2) is 6.10 Å². The lowest BCUT2D eigenvalue weighted by Gasteiger charge is -2.27. The molecule has 8 heteroatoms.